The zero-order chi connectivity index (χ0) is 12.4. The average Bonchev–Trinajstić information content (AvgIpc) is 2.25. The maximum Gasteiger partial charge on any atom is -0.00431 e. The molecule has 0 amide bonds. The van der Waals surface area contributed by atoms with Crippen LogP contribution in [-0.2, 0) is 0 Å². The van der Waals surface area contributed by atoms with E-state index in [0.29, 0.717) is 0 Å². The van der Waals surface area contributed by atoms with Gasteiger partial charge in [0.05, 0.1) is 0 Å². The van der Waals surface area contributed by atoms with Gasteiger partial charge in [0.1, 0.15) is 0 Å². The van der Waals surface area contributed by atoms with Crippen molar-refractivity contribution in [2.75, 3.05) is 6.54 Å². The molecule has 4 aliphatic carbocycles. The molecule has 2 N–H and O–H groups in total. The van der Waals surface area contributed by atoms with E-state index >= 15 is 0 Å². The summed E-state index contributed by atoms with van der Waals surface area (Å²) >= 11 is 0. The van der Waals surface area contributed by atoms with E-state index in [0.717, 1.165) is 59.8 Å². The van der Waals surface area contributed by atoms with Gasteiger partial charge in [0.15, 0.2) is 0 Å². The Kier molecular flexibility index (Phi) is 2.60. The fourth-order valence-corrected chi connectivity index (χ4v) is 6.27. The van der Waals surface area contributed by atoms with Crippen molar-refractivity contribution in [1.29, 1.82) is 0 Å². The van der Waals surface area contributed by atoms with Gasteiger partial charge in [-0.1, -0.05) is 33.1 Å². The molecule has 8 unspecified atom stereocenters. The second-order valence-electron chi connectivity index (χ2n) is 7.95. The van der Waals surface area contributed by atoms with Crippen molar-refractivity contribution < 1.29 is 0 Å². The minimum absolute atomic E-state index is 0.897. The van der Waals surface area contributed by atoms with Gasteiger partial charge >= 0.3 is 0 Å². The summed E-state index contributed by atoms with van der Waals surface area (Å²) in [5.74, 6) is 9.26. The fourth-order valence-electron chi connectivity index (χ4n) is 6.27. The Morgan fingerprint density at radius 1 is 0.944 bits per heavy atom. The molecule has 1 heteroatoms. The molecule has 0 heterocycles. The van der Waals surface area contributed by atoms with Crippen molar-refractivity contribution in [3.8, 4) is 0 Å². The Morgan fingerprint density at radius 2 is 1.61 bits per heavy atom. The van der Waals surface area contributed by atoms with Gasteiger partial charge in [-0.05, 0) is 72.6 Å². The highest BCUT2D eigenvalue weighted by Gasteiger charge is 2.69. The van der Waals surface area contributed by atoms with Gasteiger partial charge < -0.3 is 5.73 Å². The first-order valence-electron chi connectivity index (χ1n) is 8.44. The van der Waals surface area contributed by atoms with Crippen LogP contribution in [0.5, 0.6) is 0 Å². The Hall–Kier alpha value is -0.0400. The molecular weight excluding hydrogens is 218 g/mol. The lowest BCUT2D eigenvalue weighted by Gasteiger charge is -2.74. The summed E-state index contributed by atoms with van der Waals surface area (Å²) in [7, 11) is 0. The quantitative estimate of drug-likeness (QED) is 0.808. The van der Waals surface area contributed by atoms with Crippen molar-refractivity contribution in [1.82, 2.24) is 0 Å². The summed E-state index contributed by atoms with van der Waals surface area (Å²) in [4.78, 5) is 0. The first-order valence-corrected chi connectivity index (χ1v) is 8.44. The Labute approximate surface area is 112 Å². The van der Waals surface area contributed by atoms with Crippen LogP contribution < -0.4 is 5.73 Å². The Bertz CT molecular complexity index is 329. The maximum atomic E-state index is 6.10. The minimum atomic E-state index is 0.897. The normalized spacial score (nSPS) is 52.8. The predicted octanol–water partition coefficient (Wildman–Crippen LogP) is 3.54. The smallest absolute Gasteiger partial charge is 0.00431 e. The highest BCUT2D eigenvalue weighted by atomic mass is 14.8. The number of rotatable bonds is 4. The average molecular weight is 247 g/mol. The molecule has 0 saturated heterocycles. The van der Waals surface area contributed by atoms with Crippen LogP contribution >= 0.6 is 0 Å². The van der Waals surface area contributed by atoms with Gasteiger partial charge in [0.2, 0.25) is 0 Å². The second-order valence-corrected chi connectivity index (χ2v) is 7.95. The molecule has 8 atom stereocenters. The SMILES string of the molecule is CC(C1CCC1)C(C)C1C(CN)C2C3CCC3C12. The van der Waals surface area contributed by atoms with Crippen LogP contribution in [0.2, 0.25) is 0 Å². The van der Waals surface area contributed by atoms with Crippen LogP contribution in [0.15, 0.2) is 0 Å². The number of hydrogen-bond donors (Lipinski definition) is 1. The van der Waals surface area contributed by atoms with E-state index in [2.05, 4.69) is 13.8 Å². The van der Waals surface area contributed by atoms with Crippen LogP contribution in [0.1, 0.15) is 46.0 Å². The van der Waals surface area contributed by atoms with Crippen LogP contribution in [0, 0.1) is 53.3 Å². The van der Waals surface area contributed by atoms with E-state index in [4.69, 9.17) is 5.73 Å². The van der Waals surface area contributed by atoms with E-state index in [9.17, 15) is 0 Å². The topological polar surface area (TPSA) is 26.0 Å². The highest BCUT2D eigenvalue weighted by Crippen LogP contribution is 2.73. The fraction of sp³-hybridized carbons (Fsp3) is 1.00. The number of fused-ring (bicyclic) bond motifs is 4. The van der Waals surface area contributed by atoms with Crippen LogP contribution in [0.3, 0.4) is 0 Å². The molecule has 0 radical (unpaired) electrons. The monoisotopic (exact) mass is 247 g/mol. The second kappa shape index (κ2) is 3.98. The van der Waals surface area contributed by atoms with Crippen molar-refractivity contribution in [2.45, 2.75) is 46.0 Å². The van der Waals surface area contributed by atoms with E-state index < -0.39 is 0 Å². The summed E-state index contributed by atoms with van der Waals surface area (Å²) in [6.45, 7) is 6.06. The number of hydrogen-bond acceptors (Lipinski definition) is 1. The van der Waals surface area contributed by atoms with E-state index in [1.165, 1.54) is 25.7 Å². The summed E-state index contributed by atoms with van der Waals surface area (Å²) in [6.07, 6.45) is 7.58. The summed E-state index contributed by atoms with van der Waals surface area (Å²) in [5, 5.41) is 0. The molecule has 4 rings (SSSR count). The van der Waals surface area contributed by atoms with Crippen molar-refractivity contribution in [3.63, 3.8) is 0 Å². The first kappa shape index (κ1) is 11.8. The lowest BCUT2D eigenvalue weighted by atomic mass is 9.30. The van der Waals surface area contributed by atoms with Crippen LogP contribution in [-0.4, -0.2) is 6.54 Å². The molecule has 102 valence electrons. The third-order valence-corrected chi connectivity index (χ3v) is 7.85. The molecule has 0 spiro atoms. The molecule has 4 aliphatic rings. The summed E-state index contributed by atoms with van der Waals surface area (Å²) in [6, 6.07) is 0. The zero-order valence-corrected chi connectivity index (χ0v) is 12.0. The predicted molar refractivity (Wildman–Crippen MR) is 74.9 cm³/mol. The first-order chi connectivity index (χ1) is 8.74. The zero-order valence-electron chi connectivity index (χ0n) is 12.0. The lowest BCUT2D eigenvalue weighted by molar-refractivity contribution is -0.265. The van der Waals surface area contributed by atoms with E-state index in [1.807, 2.05) is 0 Å². The minimum Gasteiger partial charge on any atom is -0.330 e. The summed E-state index contributed by atoms with van der Waals surface area (Å²) in [5.41, 5.74) is 6.10. The third kappa shape index (κ3) is 1.27. The van der Waals surface area contributed by atoms with Gasteiger partial charge in [0, 0.05) is 0 Å². The Morgan fingerprint density at radius 3 is 2.11 bits per heavy atom. The molecule has 1 nitrogen and oxygen atoms in total. The number of nitrogens with two attached hydrogens (primary N) is 1. The van der Waals surface area contributed by atoms with Crippen LogP contribution in [0.4, 0.5) is 0 Å². The van der Waals surface area contributed by atoms with Gasteiger partial charge in [-0.3, -0.25) is 0 Å². The lowest BCUT2D eigenvalue weighted by Crippen LogP contribution is -2.71. The van der Waals surface area contributed by atoms with Crippen molar-refractivity contribution >= 4 is 0 Å². The molecular formula is C17H29N. The molecule has 18 heavy (non-hydrogen) atoms. The molecule has 0 bridgehead atoms. The molecule has 4 fully saturated rings. The largest absolute Gasteiger partial charge is 0.330 e. The van der Waals surface area contributed by atoms with Crippen LogP contribution in [0.25, 0.3) is 0 Å². The third-order valence-electron chi connectivity index (χ3n) is 7.85. The molecule has 0 aromatic heterocycles. The van der Waals surface area contributed by atoms with Gasteiger partial charge in [-0.15, -0.1) is 0 Å². The maximum absolute atomic E-state index is 6.10. The molecule has 0 aliphatic heterocycles. The van der Waals surface area contributed by atoms with E-state index in [-0.39, 0.29) is 0 Å². The van der Waals surface area contributed by atoms with Crippen molar-refractivity contribution in [2.24, 2.45) is 59.0 Å². The molecule has 4 saturated carbocycles. The van der Waals surface area contributed by atoms with Gasteiger partial charge in [-0.2, -0.15) is 0 Å². The molecule has 0 aromatic carbocycles. The standard InChI is InChI=1S/C17H29N/c1-9(11-4-3-5-11)10(2)15-14(8-18)16-12-6-7-13(12)17(15)16/h9-17H,3-8,18H2,1-2H3. The van der Waals surface area contributed by atoms with Gasteiger partial charge in [-0.25, -0.2) is 0 Å². The highest BCUT2D eigenvalue weighted by molar-refractivity contribution is 5.17. The molecule has 0 aromatic rings. The van der Waals surface area contributed by atoms with E-state index in [1.54, 1.807) is 6.42 Å². The van der Waals surface area contributed by atoms with Crippen molar-refractivity contribution in [3.05, 3.63) is 0 Å². The van der Waals surface area contributed by atoms with Gasteiger partial charge in [0.25, 0.3) is 0 Å². The summed E-state index contributed by atoms with van der Waals surface area (Å²) < 4.78 is 0. The Balaban J connectivity index is 1.46.